The Balaban J connectivity index is 0.000000258. The molecule has 0 spiro atoms. The summed E-state index contributed by atoms with van der Waals surface area (Å²) in [5.74, 6) is -2.51. The number of nitrogens with zero attached hydrogens (tertiary/aromatic N) is 1. The standard InChI is InChI=1S/C16H18ClN3O.C4H4O4/c17-12-3-1-2-10(6-12)16-11(9-19-20-16)8-18-14-7-13-4-5-15(14)21-13;5-3(6)1-2-4(7)8/h1-3,6,9,13-15,18H,4-5,7-8H2,(H,19,20);1-2H,(H,5,6)(H,7,8)/b;2-1+. The van der Waals surface area contributed by atoms with Gasteiger partial charge in [0.05, 0.1) is 24.1 Å². The summed E-state index contributed by atoms with van der Waals surface area (Å²) in [5, 5.41) is 27.2. The lowest BCUT2D eigenvalue weighted by molar-refractivity contribution is -0.134. The first-order valence-corrected chi connectivity index (χ1v) is 9.61. The minimum atomic E-state index is -1.26. The Labute approximate surface area is 172 Å². The molecule has 2 aromatic rings. The normalized spacial score (nSPS) is 22.4. The zero-order valence-electron chi connectivity index (χ0n) is 15.5. The maximum atomic E-state index is 9.55. The molecule has 2 aliphatic rings. The first-order valence-electron chi connectivity index (χ1n) is 9.23. The number of aromatic amines is 1. The number of aromatic nitrogens is 2. The lowest BCUT2D eigenvalue weighted by Crippen LogP contribution is -2.37. The number of hydrogen-bond acceptors (Lipinski definition) is 5. The second kappa shape index (κ2) is 9.69. The Morgan fingerprint density at radius 2 is 2.03 bits per heavy atom. The number of rotatable bonds is 6. The molecule has 3 heterocycles. The molecule has 3 atom stereocenters. The molecule has 0 amide bonds. The minimum Gasteiger partial charge on any atom is -0.478 e. The number of H-pyrrole nitrogens is 1. The second-order valence-corrected chi connectivity index (χ2v) is 7.32. The third kappa shape index (κ3) is 5.90. The van der Waals surface area contributed by atoms with Crippen LogP contribution in [0.2, 0.25) is 5.02 Å². The number of halogens is 1. The van der Waals surface area contributed by atoms with Crippen molar-refractivity contribution in [3.63, 3.8) is 0 Å². The molecular formula is C20H22ClN3O5. The maximum absolute atomic E-state index is 9.55. The number of aliphatic carboxylic acids is 2. The van der Waals surface area contributed by atoms with E-state index in [0.29, 0.717) is 30.4 Å². The van der Waals surface area contributed by atoms with Crippen molar-refractivity contribution in [2.24, 2.45) is 0 Å². The number of carboxylic acids is 2. The van der Waals surface area contributed by atoms with Crippen molar-refractivity contribution in [3.8, 4) is 11.3 Å². The van der Waals surface area contributed by atoms with E-state index in [2.05, 4.69) is 15.5 Å². The van der Waals surface area contributed by atoms with Crippen molar-refractivity contribution in [2.45, 2.75) is 44.1 Å². The predicted octanol–water partition coefficient (Wildman–Crippen LogP) is 2.85. The van der Waals surface area contributed by atoms with E-state index in [4.69, 9.17) is 26.6 Å². The van der Waals surface area contributed by atoms with Gasteiger partial charge in [0.25, 0.3) is 0 Å². The molecule has 4 rings (SSSR count). The van der Waals surface area contributed by atoms with Gasteiger partial charge in [-0.15, -0.1) is 0 Å². The van der Waals surface area contributed by atoms with E-state index >= 15 is 0 Å². The quantitative estimate of drug-likeness (QED) is 0.530. The number of ether oxygens (including phenoxy) is 1. The van der Waals surface area contributed by atoms with Gasteiger partial charge >= 0.3 is 11.9 Å². The van der Waals surface area contributed by atoms with Crippen LogP contribution < -0.4 is 5.32 Å². The molecule has 2 bridgehead atoms. The molecule has 29 heavy (non-hydrogen) atoms. The van der Waals surface area contributed by atoms with Gasteiger partial charge < -0.3 is 20.3 Å². The molecule has 1 aromatic heterocycles. The molecule has 2 fully saturated rings. The molecule has 2 saturated heterocycles. The first kappa shape index (κ1) is 21.0. The van der Waals surface area contributed by atoms with Gasteiger partial charge in [-0.05, 0) is 31.4 Å². The van der Waals surface area contributed by atoms with Crippen LogP contribution in [0, 0.1) is 0 Å². The second-order valence-electron chi connectivity index (χ2n) is 6.89. The molecule has 2 aliphatic heterocycles. The van der Waals surface area contributed by atoms with E-state index in [-0.39, 0.29) is 0 Å². The molecule has 3 unspecified atom stereocenters. The summed E-state index contributed by atoms with van der Waals surface area (Å²) in [5.41, 5.74) is 3.27. The molecule has 9 heteroatoms. The third-order valence-corrected chi connectivity index (χ3v) is 5.10. The largest absolute Gasteiger partial charge is 0.478 e. The third-order valence-electron chi connectivity index (χ3n) is 4.86. The molecule has 8 nitrogen and oxygen atoms in total. The molecule has 1 aromatic carbocycles. The van der Waals surface area contributed by atoms with Gasteiger partial charge in [-0.2, -0.15) is 5.10 Å². The Morgan fingerprint density at radius 3 is 2.62 bits per heavy atom. The number of benzene rings is 1. The minimum absolute atomic E-state index is 0.400. The molecule has 0 aliphatic carbocycles. The predicted molar refractivity (Wildman–Crippen MR) is 107 cm³/mol. The highest BCUT2D eigenvalue weighted by Gasteiger charge is 2.40. The average molecular weight is 420 g/mol. The van der Waals surface area contributed by atoms with Crippen molar-refractivity contribution in [2.75, 3.05) is 0 Å². The van der Waals surface area contributed by atoms with Crippen molar-refractivity contribution >= 4 is 23.5 Å². The summed E-state index contributed by atoms with van der Waals surface area (Å²) in [7, 11) is 0. The van der Waals surface area contributed by atoms with E-state index in [1.165, 1.54) is 18.4 Å². The highest BCUT2D eigenvalue weighted by Crippen LogP contribution is 2.34. The summed E-state index contributed by atoms with van der Waals surface area (Å²) in [6.45, 7) is 0.801. The van der Waals surface area contributed by atoms with Gasteiger partial charge in [0, 0.05) is 40.9 Å². The van der Waals surface area contributed by atoms with Crippen molar-refractivity contribution in [1.29, 1.82) is 0 Å². The van der Waals surface area contributed by atoms with Gasteiger partial charge in [-0.1, -0.05) is 23.7 Å². The summed E-state index contributed by atoms with van der Waals surface area (Å²) in [6, 6.07) is 8.32. The zero-order valence-corrected chi connectivity index (χ0v) is 16.3. The van der Waals surface area contributed by atoms with Crippen LogP contribution in [0.4, 0.5) is 0 Å². The smallest absolute Gasteiger partial charge is 0.328 e. The molecule has 0 saturated carbocycles. The van der Waals surface area contributed by atoms with E-state index < -0.39 is 11.9 Å². The number of carbonyl (C=O) groups is 2. The average Bonchev–Trinajstić information content (AvgIpc) is 3.42. The summed E-state index contributed by atoms with van der Waals surface area (Å²) >= 11 is 6.07. The van der Waals surface area contributed by atoms with Crippen LogP contribution in [0.1, 0.15) is 24.8 Å². The van der Waals surface area contributed by atoms with Gasteiger partial charge in [0.15, 0.2) is 0 Å². The van der Waals surface area contributed by atoms with Crippen LogP contribution in [0.5, 0.6) is 0 Å². The van der Waals surface area contributed by atoms with Crippen LogP contribution in [0.25, 0.3) is 11.3 Å². The monoisotopic (exact) mass is 419 g/mol. The van der Waals surface area contributed by atoms with Gasteiger partial charge in [0.2, 0.25) is 0 Å². The van der Waals surface area contributed by atoms with Crippen molar-refractivity contribution in [3.05, 3.63) is 53.2 Å². The van der Waals surface area contributed by atoms with E-state index in [1.54, 1.807) is 0 Å². The van der Waals surface area contributed by atoms with Crippen LogP contribution in [0.15, 0.2) is 42.6 Å². The summed E-state index contributed by atoms with van der Waals surface area (Å²) < 4.78 is 5.88. The van der Waals surface area contributed by atoms with Crippen LogP contribution in [-0.2, 0) is 20.9 Å². The Morgan fingerprint density at radius 1 is 1.28 bits per heavy atom. The fourth-order valence-electron chi connectivity index (χ4n) is 3.58. The number of fused-ring (bicyclic) bond motifs is 2. The topological polar surface area (TPSA) is 125 Å². The highest BCUT2D eigenvalue weighted by molar-refractivity contribution is 6.30. The Bertz CT molecular complexity index is 882. The van der Waals surface area contributed by atoms with Crippen molar-refractivity contribution in [1.82, 2.24) is 15.5 Å². The molecule has 0 radical (unpaired) electrons. The van der Waals surface area contributed by atoms with Gasteiger partial charge in [-0.3, -0.25) is 5.10 Å². The van der Waals surface area contributed by atoms with Gasteiger partial charge in [-0.25, -0.2) is 9.59 Å². The van der Waals surface area contributed by atoms with Crippen LogP contribution in [-0.4, -0.2) is 50.6 Å². The maximum Gasteiger partial charge on any atom is 0.328 e. The van der Waals surface area contributed by atoms with E-state index in [0.717, 1.165) is 29.2 Å². The van der Waals surface area contributed by atoms with E-state index in [1.807, 2.05) is 30.5 Å². The highest BCUT2D eigenvalue weighted by atomic mass is 35.5. The Kier molecular flexibility index (Phi) is 7.03. The SMILES string of the molecule is Clc1cccc(-c2[nH]ncc2CNC2CC3CCC2O3)c1.O=C(O)/C=C/C(=O)O. The number of carboxylic acid groups (broad SMARTS) is 2. The molecular weight excluding hydrogens is 398 g/mol. The zero-order chi connectivity index (χ0) is 20.8. The lowest BCUT2D eigenvalue weighted by atomic mass is 9.95. The number of hydrogen-bond donors (Lipinski definition) is 4. The fourth-order valence-corrected chi connectivity index (χ4v) is 3.77. The first-order chi connectivity index (χ1) is 13.9. The van der Waals surface area contributed by atoms with Gasteiger partial charge in [0.1, 0.15) is 0 Å². The molecule has 154 valence electrons. The number of nitrogens with one attached hydrogen (secondary N) is 2. The lowest BCUT2D eigenvalue weighted by Gasteiger charge is -2.20. The van der Waals surface area contributed by atoms with Crippen LogP contribution in [0.3, 0.4) is 0 Å². The van der Waals surface area contributed by atoms with E-state index in [9.17, 15) is 9.59 Å². The van der Waals surface area contributed by atoms with Crippen LogP contribution >= 0.6 is 11.6 Å². The van der Waals surface area contributed by atoms with Crippen molar-refractivity contribution < 1.29 is 24.5 Å². The Hall–Kier alpha value is -2.68. The summed E-state index contributed by atoms with van der Waals surface area (Å²) in [6.07, 6.45) is 7.43. The summed E-state index contributed by atoms with van der Waals surface area (Å²) in [4.78, 5) is 19.1. The molecule has 4 N–H and O–H groups in total. The fraction of sp³-hybridized carbons (Fsp3) is 0.350.